The van der Waals surface area contributed by atoms with Gasteiger partial charge < -0.3 is 14.8 Å². The monoisotopic (exact) mass is 358 g/mol. The lowest BCUT2D eigenvalue weighted by molar-refractivity contribution is 0.0701. The Morgan fingerprint density at radius 1 is 1.50 bits per heavy atom. The molecule has 106 valence electrons. The van der Waals surface area contributed by atoms with Crippen LogP contribution < -0.4 is 5.32 Å². The maximum Gasteiger partial charge on any atom is 0.347 e. The third kappa shape index (κ3) is 3.07. The summed E-state index contributed by atoms with van der Waals surface area (Å²) in [5.74, 6) is -1.22. The van der Waals surface area contributed by atoms with Gasteiger partial charge in [0.2, 0.25) is 0 Å². The molecule has 0 aromatic carbocycles. The van der Waals surface area contributed by atoms with Gasteiger partial charge in [0.05, 0.1) is 11.7 Å². The Morgan fingerprint density at radius 2 is 2.20 bits per heavy atom. The number of aromatic nitrogens is 1. The molecule has 0 bridgehead atoms. The molecule has 1 unspecified atom stereocenters. The van der Waals surface area contributed by atoms with Crippen LogP contribution in [0.5, 0.6) is 0 Å². The normalized spacial score (nSPS) is 12.2. The van der Waals surface area contributed by atoms with E-state index in [-0.39, 0.29) is 16.5 Å². The first-order valence-electron chi connectivity index (χ1n) is 5.65. The molecular weight excluding hydrogens is 348 g/mol. The molecule has 20 heavy (non-hydrogen) atoms. The highest BCUT2D eigenvalue weighted by atomic mass is 79.9. The van der Waals surface area contributed by atoms with Gasteiger partial charge in [-0.15, -0.1) is 11.3 Å². The quantitative estimate of drug-likeness (QED) is 0.876. The van der Waals surface area contributed by atoms with Crippen molar-refractivity contribution in [3.63, 3.8) is 0 Å². The summed E-state index contributed by atoms with van der Waals surface area (Å²) in [4.78, 5) is 27.2. The molecule has 0 radical (unpaired) electrons. The number of carboxylic acid groups (broad SMARTS) is 1. The van der Waals surface area contributed by atoms with Crippen LogP contribution in [0.4, 0.5) is 0 Å². The molecule has 0 saturated carbocycles. The van der Waals surface area contributed by atoms with Gasteiger partial charge >= 0.3 is 5.97 Å². The number of furan rings is 1. The number of carbonyl (C=O) groups is 2. The summed E-state index contributed by atoms with van der Waals surface area (Å²) in [6, 6.07) is 2.76. The maximum atomic E-state index is 11.9. The molecule has 6 nitrogen and oxygen atoms in total. The summed E-state index contributed by atoms with van der Waals surface area (Å²) in [6.07, 6.45) is 0. The van der Waals surface area contributed by atoms with E-state index in [4.69, 9.17) is 9.52 Å². The van der Waals surface area contributed by atoms with Crippen molar-refractivity contribution >= 4 is 39.1 Å². The predicted molar refractivity (Wildman–Crippen MR) is 76.1 cm³/mol. The highest BCUT2D eigenvalue weighted by Crippen LogP contribution is 2.24. The number of aryl methyl sites for hydroxylation is 1. The summed E-state index contributed by atoms with van der Waals surface area (Å²) in [6.45, 7) is 3.36. The first kappa shape index (κ1) is 14.7. The number of aromatic carboxylic acids is 1. The van der Waals surface area contributed by atoms with Crippen molar-refractivity contribution in [2.75, 3.05) is 0 Å². The second-order valence-corrected chi connectivity index (χ2v) is 5.88. The molecule has 2 aromatic rings. The number of halogens is 1. The van der Waals surface area contributed by atoms with Gasteiger partial charge in [-0.3, -0.25) is 4.79 Å². The number of nitrogens with one attached hydrogen (secondary N) is 1. The van der Waals surface area contributed by atoms with Crippen LogP contribution in [0.15, 0.2) is 21.2 Å². The van der Waals surface area contributed by atoms with Crippen molar-refractivity contribution in [2.24, 2.45) is 0 Å². The number of hydrogen-bond acceptors (Lipinski definition) is 5. The topological polar surface area (TPSA) is 92.4 Å². The lowest BCUT2D eigenvalue weighted by Crippen LogP contribution is -2.26. The van der Waals surface area contributed by atoms with Crippen molar-refractivity contribution in [1.29, 1.82) is 0 Å². The number of rotatable bonds is 4. The summed E-state index contributed by atoms with van der Waals surface area (Å²) in [5.41, 5.74) is 0.444. The minimum absolute atomic E-state index is 0.176. The van der Waals surface area contributed by atoms with E-state index in [0.717, 1.165) is 11.3 Å². The zero-order chi connectivity index (χ0) is 14.9. The molecule has 0 aliphatic heterocycles. The van der Waals surface area contributed by atoms with Crippen LogP contribution in [0.2, 0.25) is 0 Å². The molecule has 2 N–H and O–H groups in total. The Bertz CT molecular complexity index is 664. The summed E-state index contributed by atoms with van der Waals surface area (Å²) in [5, 5.41) is 12.2. The van der Waals surface area contributed by atoms with Gasteiger partial charge in [0.1, 0.15) is 9.88 Å². The van der Waals surface area contributed by atoms with Crippen LogP contribution in [-0.2, 0) is 0 Å². The van der Waals surface area contributed by atoms with Crippen molar-refractivity contribution < 1.29 is 19.1 Å². The van der Waals surface area contributed by atoms with E-state index in [9.17, 15) is 9.59 Å². The van der Waals surface area contributed by atoms with Crippen LogP contribution in [0.25, 0.3) is 0 Å². The molecule has 0 spiro atoms. The van der Waals surface area contributed by atoms with Gasteiger partial charge in [-0.25, -0.2) is 9.78 Å². The molecule has 0 saturated heterocycles. The SMILES string of the molecule is Cc1nc(C(C)NC(=O)c2ccc(Br)o2)sc1C(=O)O. The zero-order valence-electron chi connectivity index (χ0n) is 10.6. The summed E-state index contributed by atoms with van der Waals surface area (Å²) >= 11 is 4.17. The lowest BCUT2D eigenvalue weighted by Gasteiger charge is -2.09. The van der Waals surface area contributed by atoms with E-state index in [0.29, 0.717) is 15.4 Å². The van der Waals surface area contributed by atoms with Crippen LogP contribution >= 0.6 is 27.3 Å². The molecule has 8 heteroatoms. The second kappa shape index (κ2) is 5.76. The molecule has 0 aliphatic rings. The van der Waals surface area contributed by atoms with Crippen LogP contribution in [0, 0.1) is 6.92 Å². The first-order valence-corrected chi connectivity index (χ1v) is 7.26. The lowest BCUT2D eigenvalue weighted by atomic mass is 10.3. The Kier molecular flexibility index (Phi) is 4.24. The number of hydrogen-bond donors (Lipinski definition) is 2. The van der Waals surface area contributed by atoms with E-state index in [1.165, 1.54) is 0 Å². The highest BCUT2D eigenvalue weighted by Gasteiger charge is 2.20. The van der Waals surface area contributed by atoms with Crippen molar-refractivity contribution in [3.8, 4) is 0 Å². The Balaban J connectivity index is 2.12. The van der Waals surface area contributed by atoms with E-state index in [1.807, 2.05) is 0 Å². The van der Waals surface area contributed by atoms with Gasteiger partial charge in [0, 0.05) is 0 Å². The van der Waals surface area contributed by atoms with E-state index in [2.05, 4.69) is 26.2 Å². The molecule has 2 aromatic heterocycles. The van der Waals surface area contributed by atoms with E-state index >= 15 is 0 Å². The summed E-state index contributed by atoms with van der Waals surface area (Å²) in [7, 11) is 0. The van der Waals surface area contributed by atoms with Crippen LogP contribution in [0.1, 0.15) is 43.9 Å². The minimum Gasteiger partial charge on any atom is -0.477 e. The van der Waals surface area contributed by atoms with Gasteiger partial charge in [0.15, 0.2) is 10.4 Å². The van der Waals surface area contributed by atoms with Gasteiger partial charge in [-0.2, -0.15) is 0 Å². The Hall–Kier alpha value is -1.67. The first-order chi connectivity index (χ1) is 9.38. The van der Waals surface area contributed by atoms with E-state index < -0.39 is 12.0 Å². The molecular formula is C12H11BrN2O4S. The average molecular weight is 359 g/mol. The van der Waals surface area contributed by atoms with Gasteiger partial charge in [-0.05, 0) is 41.9 Å². The molecule has 2 rings (SSSR count). The number of thiazole rings is 1. The van der Waals surface area contributed by atoms with Crippen molar-refractivity contribution in [3.05, 3.63) is 38.1 Å². The molecule has 0 aliphatic carbocycles. The molecule has 1 atom stereocenters. The smallest absolute Gasteiger partial charge is 0.347 e. The van der Waals surface area contributed by atoms with Crippen LogP contribution in [-0.4, -0.2) is 22.0 Å². The fraction of sp³-hybridized carbons (Fsp3) is 0.250. The third-order valence-electron chi connectivity index (χ3n) is 2.52. The second-order valence-electron chi connectivity index (χ2n) is 4.07. The molecule has 0 fully saturated rings. The minimum atomic E-state index is -1.01. The number of amides is 1. The van der Waals surface area contributed by atoms with Gasteiger partial charge in [-0.1, -0.05) is 0 Å². The fourth-order valence-corrected chi connectivity index (χ4v) is 2.78. The zero-order valence-corrected chi connectivity index (χ0v) is 13.0. The third-order valence-corrected chi connectivity index (χ3v) is 4.28. The largest absolute Gasteiger partial charge is 0.477 e. The molecule has 2 heterocycles. The average Bonchev–Trinajstić information content (AvgIpc) is 2.95. The fourth-order valence-electron chi connectivity index (χ4n) is 1.57. The molecule has 1 amide bonds. The highest BCUT2D eigenvalue weighted by molar-refractivity contribution is 9.10. The van der Waals surface area contributed by atoms with E-state index in [1.54, 1.807) is 26.0 Å². The number of carbonyl (C=O) groups excluding carboxylic acids is 1. The van der Waals surface area contributed by atoms with Gasteiger partial charge in [0.25, 0.3) is 5.91 Å². The number of nitrogens with zero attached hydrogens (tertiary/aromatic N) is 1. The van der Waals surface area contributed by atoms with Crippen LogP contribution in [0.3, 0.4) is 0 Å². The Labute approximate surface area is 127 Å². The Morgan fingerprint density at radius 3 is 2.70 bits per heavy atom. The van der Waals surface area contributed by atoms with Crippen molar-refractivity contribution in [1.82, 2.24) is 10.3 Å². The summed E-state index contributed by atoms with van der Waals surface area (Å²) < 4.78 is 5.61. The predicted octanol–water partition coefficient (Wildman–Crippen LogP) is 3.00. The van der Waals surface area contributed by atoms with Crippen molar-refractivity contribution in [2.45, 2.75) is 19.9 Å². The standard InChI is InChI=1S/C12H11BrN2O4S/c1-5-9(12(17)18)20-11(15-5)6(2)14-10(16)7-3-4-8(13)19-7/h3-4,6H,1-2H3,(H,14,16)(H,17,18). The maximum absolute atomic E-state index is 11.9. The number of carboxylic acids is 1.